The quantitative estimate of drug-likeness (QED) is 0.531. The lowest BCUT2D eigenvalue weighted by atomic mass is 10.2. The molecule has 0 aliphatic rings. The fraction of sp³-hybridized carbons (Fsp3) is 0.333. The van der Waals surface area contributed by atoms with Crippen LogP contribution in [0, 0.1) is 0 Å². The molecule has 0 saturated carbocycles. The topological polar surface area (TPSA) is 0 Å². The lowest BCUT2D eigenvalue weighted by Crippen LogP contribution is -1.71. The third kappa shape index (κ3) is 4.23. The predicted octanol–water partition coefficient (Wildman–Crippen LogP) is 3.27. The van der Waals surface area contributed by atoms with Gasteiger partial charge in [-0.3, -0.25) is 0 Å². The van der Waals surface area contributed by atoms with Crippen molar-refractivity contribution in [3.63, 3.8) is 0 Å². The molecule has 0 aliphatic carbocycles. The molecule has 0 aromatic carbocycles. The van der Waals surface area contributed by atoms with E-state index in [1.807, 2.05) is 6.92 Å². The SMILES string of the molecule is C=C(C)C/C(Cl)=C\Cl. The Balaban J connectivity index is 3.56. The van der Waals surface area contributed by atoms with Crippen LogP contribution >= 0.6 is 23.2 Å². The number of halogens is 2. The molecule has 0 rings (SSSR count). The van der Waals surface area contributed by atoms with Gasteiger partial charge in [0, 0.05) is 17.0 Å². The first-order valence-corrected chi connectivity index (χ1v) is 3.07. The Labute approximate surface area is 59.8 Å². The zero-order valence-electron chi connectivity index (χ0n) is 4.75. The number of hydrogen-bond acceptors (Lipinski definition) is 0. The van der Waals surface area contributed by atoms with Crippen LogP contribution in [0.25, 0.3) is 0 Å². The Morgan fingerprint density at radius 2 is 2.25 bits per heavy atom. The van der Waals surface area contributed by atoms with Crippen LogP contribution in [0.4, 0.5) is 0 Å². The number of allylic oxidation sites excluding steroid dienone is 2. The van der Waals surface area contributed by atoms with Crippen molar-refractivity contribution in [2.24, 2.45) is 0 Å². The lowest BCUT2D eigenvalue weighted by Gasteiger charge is -1.92. The molecule has 0 aromatic rings. The zero-order valence-corrected chi connectivity index (χ0v) is 6.26. The smallest absolute Gasteiger partial charge is 0.0334 e. The van der Waals surface area contributed by atoms with Crippen LogP contribution in [0.3, 0.4) is 0 Å². The average molecular weight is 151 g/mol. The van der Waals surface area contributed by atoms with E-state index in [4.69, 9.17) is 23.2 Å². The van der Waals surface area contributed by atoms with Gasteiger partial charge in [0.15, 0.2) is 0 Å². The molecule has 0 saturated heterocycles. The van der Waals surface area contributed by atoms with Gasteiger partial charge in [0.2, 0.25) is 0 Å². The summed E-state index contributed by atoms with van der Waals surface area (Å²) in [6, 6.07) is 0. The van der Waals surface area contributed by atoms with E-state index in [-0.39, 0.29) is 0 Å². The van der Waals surface area contributed by atoms with Crippen molar-refractivity contribution in [3.8, 4) is 0 Å². The molecule has 2 heteroatoms. The van der Waals surface area contributed by atoms with E-state index < -0.39 is 0 Å². The molecular formula is C6H8Cl2. The summed E-state index contributed by atoms with van der Waals surface area (Å²) < 4.78 is 0. The monoisotopic (exact) mass is 150 g/mol. The first-order valence-electron chi connectivity index (χ1n) is 2.26. The normalized spacial score (nSPS) is 11.6. The highest BCUT2D eigenvalue weighted by molar-refractivity contribution is 6.36. The average Bonchev–Trinajstić information content (AvgIpc) is 1.65. The Kier molecular flexibility index (Phi) is 4.02. The molecule has 0 amide bonds. The maximum Gasteiger partial charge on any atom is 0.0334 e. The van der Waals surface area contributed by atoms with Gasteiger partial charge in [0.1, 0.15) is 0 Å². The first kappa shape index (κ1) is 8.06. The summed E-state index contributed by atoms with van der Waals surface area (Å²) in [4.78, 5) is 0. The van der Waals surface area contributed by atoms with Crippen molar-refractivity contribution >= 4 is 23.2 Å². The largest absolute Gasteiger partial charge is 0.0998 e. The van der Waals surface area contributed by atoms with Crippen molar-refractivity contribution in [3.05, 3.63) is 22.7 Å². The van der Waals surface area contributed by atoms with Crippen LogP contribution < -0.4 is 0 Å². The van der Waals surface area contributed by atoms with Crippen LogP contribution in [-0.2, 0) is 0 Å². The molecule has 46 valence electrons. The van der Waals surface area contributed by atoms with Gasteiger partial charge < -0.3 is 0 Å². The van der Waals surface area contributed by atoms with Crippen molar-refractivity contribution in [1.29, 1.82) is 0 Å². The zero-order chi connectivity index (χ0) is 6.57. The molecule has 0 bridgehead atoms. The summed E-state index contributed by atoms with van der Waals surface area (Å²) in [5.41, 5.74) is 2.38. The molecule has 0 spiro atoms. The second kappa shape index (κ2) is 3.99. The van der Waals surface area contributed by atoms with Gasteiger partial charge >= 0.3 is 0 Å². The van der Waals surface area contributed by atoms with Gasteiger partial charge in [0.25, 0.3) is 0 Å². The van der Waals surface area contributed by atoms with Crippen molar-refractivity contribution < 1.29 is 0 Å². The molecular weight excluding hydrogens is 143 g/mol. The van der Waals surface area contributed by atoms with Crippen LogP contribution in [0.5, 0.6) is 0 Å². The van der Waals surface area contributed by atoms with Crippen LogP contribution in [0.2, 0.25) is 0 Å². The van der Waals surface area contributed by atoms with Gasteiger partial charge in [-0.25, -0.2) is 0 Å². The highest BCUT2D eigenvalue weighted by Crippen LogP contribution is 2.12. The van der Waals surface area contributed by atoms with Crippen molar-refractivity contribution in [2.45, 2.75) is 13.3 Å². The molecule has 0 aromatic heterocycles. The minimum absolute atomic E-state index is 0.638. The Morgan fingerprint density at radius 1 is 1.75 bits per heavy atom. The van der Waals surface area contributed by atoms with Crippen LogP contribution in [-0.4, -0.2) is 0 Å². The van der Waals surface area contributed by atoms with Gasteiger partial charge in [-0.15, -0.1) is 0 Å². The van der Waals surface area contributed by atoms with E-state index in [9.17, 15) is 0 Å². The third-order valence-electron chi connectivity index (χ3n) is 0.589. The number of hydrogen-bond donors (Lipinski definition) is 0. The minimum Gasteiger partial charge on any atom is -0.0998 e. The fourth-order valence-corrected chi connectivity index (χ4v) is 0.632. The molecule has 0 nitrogen and oxygen atoms in total. The maximum atomic E-state index is 5.53. The first-order chi connectivity index (χ1) is 3.66. The summed E-state index contributed by atoms with van der Waals surface area (Å²) in [5, 5.41) is 0.638. The van der Waals surface area contributed by atoms with E-state index in [2.05, 4.69) is 6.58 Å². The molecule has 0 N–H and O–H groups in total. The lowest BCUT2D eigenvalue weighted by molar-refractivity contribution is 1.21. The summed E-state index contributed by atoms with van der Waals surface area (Å²) in [6.45, 7) is 5.56. The number of rotatable bonds is 2. The van der Waals surface area contributed by atoms with E-state index in [0.29, 0.717) is 11.5 Å². The molecule has 0 radical (unpaired) electrons. The van der Waals surface area contributed by atoms with E-state index in [1.165, 1.54) is 5.54 Å². The Hall–Kier alpha value is 0.0600. The maximum absolute atomic E-state index is 5.53. The second-order valence-corrected chi connectivity index (χ2v) is 2.39. The van der Waals surface area contributed by atoms with Gasteiger partial charge in [-0.05, 0) is 6.92 Å². The molecule has 0 unspecified atom stereocenters. The molecule has 0 heterocycles. The summed E-state index contributed by atoms with van der Waals surface area (Å²) in [5.74, 6) is 0. The van der Waals surface area contributed by atoms with Crippen LogP contribution in [0.1, 0.15) is 13.3 Å². The summed E-state index contributed by atoms with van der Waals surface area (Å²) in [6.07, 6.45) is 0.686. The minimum atomic E-state index is 0.638. The molecule has 8 heavy (non-hydrogen) atoms. The molecule has 0 aliphatic heterocycles. The van der Waals surface area contributed by atoms with Gasteiger partial charge in [-0.2, -0.15) is 0 Å². The van der Waals surface area contributed by atoms with Gasteiger partial charge in [0.05, 0.1) is 0 Å². The van der Waals surface area contributed by atoms with E-state index in [1.54, 1.807) is 0 Å². The summed E-state index contributed by atoms with van der Waals surface area (Å²) >= 11 is 10.8. The Morgan fingerprint density at radius 3 is 2.38 bits per heavy atom. The third-order valence-corrected chi connectivity index (χ3v) is 1.21. The predicted molar refractivity (Wildman–Crippen MR) is 39.2 cm³/mol. The van der Waals surface area contributed by atoms with Gasteiger partial charge in [-0.1, -0.05) is 35.4 Å². The van der Waals surface area contributed by atoms with E-state index >= 15 is 0 Å². The molecule has 0 atom stereocenters. The fourth-order valence-electron chi connectivity index (χ4n) is 0.327. The summed E-state index contributed by atoms with van der Waals surface area (Å²) in [7, 11) is 0. The van der Waals surface area contributed by atoms with Crippen molar-refractivity contribution in [2.75, 3.05) is 0 Å². The van der Waals surface area contributed by atoms with Crippen molar-refractivity contribution in [1.82, 2.24) is 0 Å². The van der Waals surface area contributed by atoms with E-state index in [0.717, 1.165) is 5.57 Å². The van der Waals surface area contributed by atoms with Crippen LogP contribution in [0.15, 0.2) is 22.7 Å². The standard InChI is InChI=1S/C6H8Cl2/c1-5(2)3-6(8)4-7/h4H,1,3H2,2H3/b6-4+. The second-order valence-electron chi connectivity index (χ2n) is 1.69. The highest BCUT2D eigenvalue weighted by atomic mass is 35.5. The Bertz CT molecular complexity index is 114. The highest BCUT2D eigenvalue weighted by Gasteiger charge is 1.88. The molecule has 0 fully saturated rings.